The van der Waals surface area contributed by atoms with Crippen LogP contribution in [-0.2, 0) is 17.9 Å². The first kappa shape index (κ1) is 24.8. The van der Waals surface area contributed by atoms with E-state index in [4.69, 9.17) is 21.4 Å². The molecule has 2 heterocycles. The molecular formula is C23H23ClN6O6. The Morgan fingerprint density at radius 1 is 1.14 bits per heavy atom. The zero-order valence-corrected chi connectivity index (χ0v) is 19.6. The SMILES string of the molecule is O=C(O)C1CNC(Oc2ccc(Nc3nc(=O)n(CCO)c(=O)n3Cc3ccc(Cl)cc3)cc2)=CN1. The number of rotatable bonds is 9. The number of aromatic nitrogens is 3. The van der Waals surface area contributed by atoms with Crippen LogP contribution < -0.4 is 32.1 Å². The number of aliphatic hydroxyl groups excluding tert-OH is 1. The fraction of sp³-hybridized carbons (Fsp3) is 0.217. The Hall–Kier alpha value is -4.29. The molecule has 0 fully saturated rings. The molecule has 0 saturated carbocycles. The summed E-state index contributed by atoms with van der Waals surface area (Å²) in [6.45, 7) is -0.283. The van der Waals surface area contributed by atoms with Crippen molar-refractivity contribution >= 4 is 29.2 Å². The monoisotopic (exact) mass is 514 g/mol. The smallest absolute Gasteiger partial charge is 0.355 e. The fourth-order valence-corrected chi connectivity index (χ4v) is 3.53. The number of carboxylic acid groups (broad SMARTS) is 1. The van der Waals surface area contributed by atoms with Gasteiger partial charge < -0.3 is 30.9 Å². The summed E-state index contributed by atoms with van der Waals surface area (Å²) in [7, 11) is 0. The van der Waals surface area contributed by atoms with Gasteiger partial charge in [0.1, 0.15) is 11.8 Å². The normalized spacial score (nSPS) is 14.8. The lowest BCUT2D eigenvalue weighted by Crippen LogP contribution is -2.46. The molecule has 188 valence electrons. The van der Waals surface area contributed by atoms with Gasteiger partial charge in [-0.3, -0.25) is 4.57 Å². The van der Waals surface area contributed by atoms with Crippen molar-refractivity contribution in [3.63, 3.8) is 0 Å². The number of nitrogens with one attached hydrogen (secondary N) is 3. The second-order valence-corrected chi connectivity index (χ2v) is 8.22. The predicted octanol–water partition coefficient (Wildman–Crippen LogP) is 0.666. The van der Waals surface area contributed by atoms with E-state index in [1.165, 1.54) is 10.8 Å². The van der Waals surface area contributed by atoms with Crippen molar-refractivity contribution in [1.82, 2.24) is 24.8 Å². The quantitative estimate of drug-likeness (QED) is 0.274. The minimum absolute atomic E-state index is 0.0309. The maximum absolute atomic E-state index is 13.0. The molecule has 1 aromatic heterocycles. The first-order valence-corrected chi connectivity index (χ1v) is 11.3. The Kier molecular flexibility index (Phi) is 7.56. The predicted molar refractivity (Wildman–Crippen MR) is 131 cm³/mol. The van der Waals surface area contributed by atoms with Crippen LogP contribution in [0.15, 0.2) is 70.2 Å². The number of benzene rings is 2. The lowest BCUT2D eigenvalue weighted by atomic mass is 10.2. The number of ether oxygens (including phenoxy) is 1. The first-order chi connectivity index (χ1) is 17.3. The molecule has 12 nitrogen and oxygen atoms in total. The van der Waals surface area contributed by atoms with Crippen molar-refractivity contribution in [2.45, 2.75) is 19.1 Å². The summed E-state index contributed by atoms with van der Waals surface area (Å²) in [6.07, 6.45) is 1.44. The second kappa shape index (κ2) is 11.0. The van der Waals surface area contributed by atoms with E-state index < -0.39 is 23.4 Å². The molecule has 3 aromatic rings. The van der Waals surface area contributed by atoms with Gasteiger partial charge in [0.15, 0.2) is 0 Å². The van der Waals surface area contributed by atoms with Crippen LogP contribution in [0.5, 0.6) is 5.75 Å². The first-order valence-electron chi connectivity index (χ1n) is 10.9. The number of carbonyl (C=O) groups is 1. The molecule has 1 aliphatic heterocycles. The largest absolute Gasteiger partial charge is 0.480 e. The molecule has 0 spiro atoms. The van der Waals surface area contributed by atoms with Gasteiger partial charge in [0.2, 0.25) is 11.8 Å². The van der Waals surface area contributed by atoms with E-state index >= 15 is 0 Å². The van der Waals surface area contributed by atoms with E-state index in [0.717, 1.165) is 10.1 Å². The lowest BCUT2D eigenvalue weighted by Gasteiger charge is -2.22. The molecular weight excluding hydrogens is 492 g/mol. The molecule has 1 aliphatic rings. The number of aliphatic carboxylic acids is 1. The van der Waals surface area contributed by atoms with Crippen LogP contribution >= 0.6 is 11.6 Å². The summed E-state index contributed by atoms with van der Waals surface area (Å²) in [6, 6.07) is 12.8. The van der Waals surface area contributed by atoms with Gasteiger partial charge in [-0.1, -0.05) is 23.7 Å². The molecule has 36 heavy (non-hydrogen) atoms. The lowest BCUT2D eigenvalue weighted by molar-refractivity contribution is -0.139. The molecule has 0 amide bonds. The third-order valence-corrected chi connectivity index (χ3v) is 5.51. The summed E-state index contributed by atoms with van der Waals surface area (Å²) in [5.41, 5.74) is -0.111. The van der Waals surface area contributed by atoms with Crippen molar-refractivity contribution in [3.8, 4) is 5.75 Å². The summed E-state index contributed by atoms with van der Waals surface area (Å²) in [4.78, 5) is 40.5. The Morgan fingerprint density at radius 2 is 1.86 bits per heavy atom. The summed E-state index contributed by atoms with van der Waals surface area (Å²) < 4.78 is 7.85. The van der Waals surface area contributed by atoms with Gasteiger partial charge in [0, 0.05) is 17.3 Å². The number of carboxylic acids is 1. The Labute approximate surface area is 209 Å². The number of aliphatic hydroxyl groups is 1. The van der Waals surface area contributed by atoms with Gasteiger partial charge in [-0.05, 0) is 42.0 Å². The third kappa shape index (κ3) is 5.85. The van der Waals surface area contributed by atoms with Crippen LogP contribution in [-0.4, -0.2) is 49.5 Å². The third-order valence-electron chi connectivity index (χ3n) is 5.26. The number of anilines is 2. The van der Waals surface area contributed by atoms with Crippen LogP contribution in [0.3, 0.4) is 0 Å². The molecule has 5 N–H and O–H groups in total. The van der Waals surface area contributed by atoms with Crippen molar-refractivity contribution in [2.75, 3.05) is 18.5 Å². The highest BCUT2D eigenvalue weighted by atomic mass is 35.5. The molecule has 13 heteroatoms. The Bertz CT molecular complexity index is 1380. The summed E-state index contributed by atoms with van der Waals surface area (Å²) in [5, 5.41) is 27.4. The van der Waals surface area contributed by atoms with Gasteiger partial charge in [-0.25, -0.2) is 19.0 Å². The number of nitrogens with zero attached hydrogens (tertiary/aromatic N) is 3. The van der Waals surface area contributed by atoms with Crippen molar-refractivity contribution in [2.24, 2.45) is 0 Å². The average Bonchev–Trinajstić information content (AvgIpc) is 2.87. The van der Waals surface area contributed by atoms with Gasteiger partial charge in [0.25, 0.3) is 0 Å². The van der Waals surface area contributed by atoms with Crippen LogP contribution in [0.2, 0.25) is 5.02 Å². The van der Waals surface area contributed by atoms with Gasteiger partial charge in [-0.2, -0.15) is 4.98 Å². The highest BCUT2D eigenvalue weighted by Gasteiger charge is 2.20. The Balaban J connectivity index is 1.55. The van der Waals surface area contributed by atoms with Crippen molar-refractivity contribution in [1.29, 1.82) is 0 Å². The van der Waals surface area contributed by atoms with E-state index in [-0.39, 0.29) is 32.2 Å². The second-order valence-electron chi connectivity index (χ2n) is 7.79. The molecule has 4 rings (SSSR count). The minimum Gasteiger partial charge on any atom is -0.480 e. The zero-order chi connectivity index (χ0) is 25.7. The highest BCUT2D eigenvalue weighted by Crippen LogP contribution is 2.20. The van der Waals surface area contributed by atoms with Gasteiger partial charge in [-0.15, -0.1) is 0 Å². The van der Waals surface area contributed by atoms with E-state index in [1.54, 1.807) is 48.5 Å². The van der Waals surface area contributed by atoms with Crippen LogP contribution in [0.4, 0.5) is 11.6 Å². The maximum atomic E-state index is 13.0. The molecule has 1 unspecified atom stereocenters. The average molecular weight is 515 g/mol. The minimum atomic E-state index is -0.972. The van der Waals surface area contributed by atoms with Crippen molar-refractivity contribution < 1.29 is 19.7 Å². The van der Waals surface area contributed by atoms with E-state index in [9.17, 15) is 19.5 Å². The molecule has 2 aromatic carbocycles. The van der Waals surface area contributed by atoms with Crippen LogP contribution in [0.25, 0.3) is 0 Å². The van der Waals surface area contributed by atoms with Crippen molar-refractivity contribution in [3.05, 3.63) is 92.2 Å². The molecule has 1 atom stereocenters. The van der Waals surface area contributed by atoms with Crippen LogP contribution in [0, 0.1) is 0 Å². The number of hydrogen-bond acceptors (Lipinski definition) is 9. The summed E-state index contributed by atoms with van der Waals surface area (Å²) >= 11 is 5.95. The number of halogens is 1. The van der Waals surface area contributed by atoms with Gasteiger partial charge in [0.05, 0.1) is 25.9 Å². The fourth-order valence-electron chi connectivity index (χ4n) is 3.41. The van der Waals surface area contributed by atoms with E-state index in [1.807, 2.05) is 0 Å². The molecule has 0 saturated heterocycles. The standard InChI is InChI=1S/C23H23ClN6O6/c24-15-3-1-14(2-4-15)13-30-21(28-22(34)29(9-10-31)23(30)35)27-16-5-7-17(8-6-16)36-19-12-25-18(11-26-19)20(32)33/h1-8,12,18,25-26,31H,9-11,13H2,(H,32,33)(H,27,28,34). The van der Waals surface area contributed by atoms with E-state index in [2.05, 4.69) is 20.9 Å². The van der Waals surface area contributed by atoms with Crippen LogP contribution in [0.1, 0.15) is 5.56 Å². The molecule has 0 bridgehead atoms. The van der Waals surface area contributed by atoms with Gasteiger partial charge >= 0.3 is 17.3 Å². The number of hydrogen-bond donors (Lipinski definition) is 5. The maximum Gasteiger partial charge on any atom is 0.355 e. The molecule has 0 aliphatic carbocycles. The highest BCUT2D eigenvalue weighted by molar-refractivity contribution is 6.30. The summed E-state index contributed by atoms with van der Waals surface area (Å²) in [5.74, 6) is -0.109. The zero-order valence-electron chi connectivity index (χ0n) is 18.8. The molecule has 0 radical (unpaired) electrons. The topological polar surface area (TPSA) is 160 Å². The Morgan fingerprint density at radius 3 is 2.47 bits per heavy atom. The van der Waals surface area contributed by atoms with E-state index in [0.29, 0.717) is 22.3 Å².